The summed E-state index contributed by atoms with van der Waals surface area (Å²) < 4.78 is 33.0. The number of halogens is 2. The molecule has 6 heteroatoms. The number of rotatable bonds is 3. The van der Waals surface area contributed by atoms with Crippen LogP contribution in [0.2, 0.25) is 0 Å². The lowest BCUT2D eigenvalue weighted by molar-refractivity contribution is -0.0354. The number of morpholine rings is 1. The quantitative estimate of drug-likeness (QED) is 0.872. The lowest BCUT2D eigenvalue weighted by Gasteiger charge is -2.32. The van der Waals surface area contributed by atoms with Crippen molar-refractivity contribution in [2.24, 2.45) is 0 Å². The Hall–Kier alpha value is -1.92. The van der Waals surface area contributed by atoms with Crippen LogP contribution in [-0.2, 0) is 11.3 Å². The van der Waals surface area contributed by atoms with Gasteiger partial charge in [-0.2, -0.15) is 0 Å². The third-order valence-electron chi connectivity index (χ3n) is 3.89. The first-order valence-electron chi connectivity index (χ1n) is 7.62. The molecule has 0 spiro atoms. The van der Waals surface area contributed by atoms with Gasteiger partial charge in [0.15, 0.2) is 11.6 Å². The van der Waals surface area contributed by atoms with E-state index >= 15 is 0 Å². The highest BCUT2D eigenvalue weighted by molar-refractivity contribution is 5.19. The van der Waals surface area contributed by atoms with Crippen molar-refractivity contribution in [3.63, 3.8) is 0 Å². The van der Waals surface area contributed by atoms with Crippen LogP contribution >= 0.6 is 0 Å². The maximum Gasteiger partial charge on any atom is 0.163 e. The van der Waals surface area contributed by atoms with Gasteiger partial charge in [-0.1, -0.05) is 12.1 Å². The smallest absolute Gasteiger partial charge is 0.163 e. The van der Waals surface area contributed by atoms with Gasteiger partial charge in [0.05, 0.1) is 12.3 Å². The predicted molar refractivity (Wildman–Crippen MR) is 81.8 cm³/mol. The molecular weight excluding hydrogens is 300 g/mol. The third kappa shape index (κ3) is 3.71. The van der Waals surface area contributed by atoms with Gasteiger partial charge in [0.2, 0.25) is 0 Å². The molecule has 1 fully saturated rings. The minimum Gasteiger partial charge on any atom is -0.369 e. The Labute approximate surface area is 134 Å². The summed E-state index contributed by atoms with van der Waals surface area (Å²) in [6, 6.07) is 6.18. The molecule has 0 unspecified atom stereocenters. The van der Waals surface area contributed by atoms with Gasteiger partial charge in [-0.05, 0) is 26.0 Å². The summed E-state index contributed by atoms with van der Waals surface area (Å²) in [6.45, 7) is 5.91. The number of aryl methyl sites for hydroxylation is 2. The van der Waals surface area contributed by atoms with Gasteiger partial charge in [-0.25, -0.2) is 18.7 Å². The zero-order chi connectivity index (χ0) is 16.4. The van der Waals surface area contributed by atoms with E-state index in [0.29, 0.717) is 37.6 Å². The van der Waals surface area contributed by atoms with Crippen molar-refractivity contribution in [2.75, 3.05) is 19.7 Å². The van der Waals surface area contributed by atoms with E-state index in [1.54, 1.807) is 6.07 Å². The molecule has 1 atom stereocenters. The van der Waals surface area contributed by atoms with Crippen molar-refractivity contribution in [3.8, 4) is 0 Å². The first-order chi connectivity index (χ1) is 11.0. The molecule has 2 heterocycles. The fourth-order valence-electron chi connectivity index (χ4n) is 2.85. The van der Waals surface area contributed by atoms with Gasteiger partial charge in [-0.15, -0.1) is 0 Å². The molecule has 1 aromatic heterocycles. The van der Waals surface area contributed by atoms with Crippen LogP contribution in [-0.4, -0.2) is 34.6 Å². The van der Waals surface area contributed by atoms with Crippen LogP contribution in [0.4, 0.5) is 8.78 Å². The molecule has 1 aliphatic heterocycles. The van der Waals surface area contributed by atoms with Gasteiger partial charge in [0.1, 0.15) is 11.9 Å². The summed E-state index contributed by atoms with van der Waals surface area (Å²) in [5.74, 6) is -0.879. The van der Waals surface area contributed by atoms with E-state index in [1.807, 2.05) is 19.9 Å². The van der Waals surface area contributed by atoms with E-state index in [0.717, 1.165) is 17.5 Å². The number of hydrogen-bond donors (Lipinski definition) is 0. The van der Waals surface area contributed by atoms with Gasteiger partial charge in [0.25, 0.3) is 0 Å². The monoisotopic (exact) mass is 319 g/mol. The number of ether oxygens (including phenoxy) is 1. The van der Waals surface area contributed by atoms with Crippen molar-refractivity contribution in [1.29, 1.82) is 0 Å². The van der Waals surface area contributed by atoms with Crippen molar-refractivity contribution >= 4 is 0 Å². The molecule has 1 aromatic carbocycles. The number of nitrogens with zero attached hydrogens (tertiary/aromatic N) is 3. The highest BCUT2D eigenvalue weighted by atomic mass is 19.2. The molecule has 0 saturated carbocycles. The Kier molecular flexibility index (Phi) is 4.63. The van der Waals surface area contributed by atoms with Gasteiger partial charge in [0, 0.05) is 30.9 Å². The van der Waals surface area contributed by atoms with Crippen LogP contribution in [0.1, 0.15) is 28.9 Å². The predicted octanol–water partition coefficient (Wildman–Crippen LogP) is 2.95. The van der Waals surface area contributed by atoms with Crippen molar-refractivity contribution < 1.29 is 13.5 Å². The average Bonchev–Trinajstić information content (AvgIpc) is 2.51. The zero-order valence-electron chi connectivity index (χ0n) is 13.2. The molecule has 23 heavy (non-hydrogen) atoms. The minimum absolute atomic E-state index is 0.180. The molecule has 4 nitrogen and oxygen atoms in total. The normalized spacial score (nSPS) is 19.0. The minimum atomic E-state index is -0.811. The summed E-state index contributed by atoms with van der Waals surface area (Å²) in [5.41, 5.74) is 2.09. The van der Waals surface area contributed by atoms with Gasteiger partial charge < -0.3 is 4.74 Å². The Balaban J connectivity index is 1.74. The highest BCUT2D eigenvalue weighted by Gasteiger charge is 2.24. The van der Waals surface area contributed by atoms with Crippen LogP contribution in [0, 0.1) is 25.5 Å². The van der Waals surface area contributed by atoms with E-state index in [1.165, 1.54) is 6.07 Å². The molecule has 3 rings (SSSR count). The van der Waals surface area contributed by atoms with Crippen molar-refractivity contribution in [3.05, 3.63) is 58.7 Å². The van der Waals surface area contributed by atoms with Gasteiger partial charge in [-0.3, -0.25) is 4.90 Å². The molecule has 0 amide bonds. The molecular formula is C17H19F2N3O. The second kappa shape index (κ2) is 6.68. The summed E-state index contributed by atoms with van der Waals surface area (Å²) >= 11 is 0. The maximum atomic E-state index is 13.8. The second-order valence-electron chi connectivity index (χ2n) is 5.79. The fraction of sp³-hybridized carbons (Fsp3) is 0.412. The van der Waals surface area contributed by atoms with Crippen molar-refractivity contribution in [1.82, 2.24) is 14.9 Å². The molecule has 0 radical (unpaired) electrons. The first-order valence-corrected chi connectivity index (χ1v) is 7.62. The van der Waals surface area contributed by atoms with E-state index in [9.17, 15) is 8.78 Å². The third-order valence-corrected chi connectivity index (χ3v) is 3.89. The summed E-state index contributed by atoms with van der Waals surface area (Å²) in [7, 11) is 0. The Morgan fingerprint density at radius 3 is 2.87 bits per heavy atom. The molecule has 0 aliphatic carbocycles. The molecule has 1 saturated heterocycles. The summed E-state index contributed by atoms with van der Waals surface area (Å²) in [5, 5.41) is 0. The van der Waals surface area contributed by atoms with E-state index in [4.69, 9.17) is 4.74 Å². The fourth-order valence-corrected chi connectivity index (χ4v) is 2.85. The zero-order valence-corrected chi connectivity index (χ0v) is 13.2. The van der Waals surface area contributed by atoms with Crippen molar-refractivity contribution in [2.45, 2.75) is 26.5 Å². The summed E-state index contributed by atoms with van der Waals surface area (Å²) in [6.07, 6.45) is -0.180. The number of benzene rings is 1. The van der Waals surface area contributed by atoms with E-state index in [2.05, 4.69) is 14.9 Å². The average molecular weight is 319 g/mol. The largest absolute Gasteiger partial charge is 0.369 e. The molecule has 0 bridgehead atoms. The Bertz CT molecular complexity index is 688. The number of hydrogen-bond acceptors (Lipinski definition) is 4. The van der Waals surface area contributed by atoms with Crippen LogP contribution in [0.25, 0.3) is 0 Å². The van der Waals surface area contributed by atoms with E-state index < -0.39 is 11.6 Å². The molecule has 0 N–H and O–H groups in total. The van der Waals surface area contributed by atoms with Crippen LogP contribution in [0.3, 0.4) is 0 Å². The molecule has 2 aromatic rings. The summed E-state index contributed by atoms with van der Waals surface area (Å²) in [4.78, 5) is 10.8. The topological polar surface area (TPSA) is 38.2 Å². The first kappa shape index (κ1) is 16.0. The second-order valence-corrected chi connectivity index (χ2v) is 5.79. The SMILES string of the molecule is Cc1cc([C@@H]2CN(Cc3cccc(F)c3F)CCO2)nc(C)n1. The van der Waals surface area contributed by atoms with E-state index in [-0.39, 0.29) is 6.10 Å². The molecule has 1 aliphatic rings. The maximum absolute atomic E-state index is 13.8. The van der Waals surface area contributed by atoms with Crippen LogP contribution in [0.5, 0.6) is 0 Å². The molecule has 122 valence electrons. The standard InChI is InChI=1S/C17H19F2N3O/c1-11-8-15(21-12(2)20-11)16-10-22(6-7-23-16)9-13-4-3-5-14(18)17(13)19/h3-5,8,16H,6-7,9-10H2,1-2H3/t16-/m0/s1. The lowest BCUT2D eigenvalue weighted by atomic mass is 10.1. The van der Waals surface area contributed by atoms with Crippen LogP contribution in [0.15, 0.2) is 24.3 Å². The number of aromatic nitrogens is 2. The Morgan fingerprint density at radius 2 is 2.09 bits per heavy atom. The Morgan fingerprint density at radius 1 is 1.26 bits per heavy atom. The van der Waals surface area contributed by atoms with Gasteiger partial charge >= 0.3 is 0 Å². The lowest BCUT2D eigenvalue weighted by Crippen LogP contribution is -2.38. The van der Waals surface area contributed by atoms with Crippen LogP contribution < -0.4 is 0 Å². The highest BCUT2D eigenvalue weighted by Crippen LogP contribution is 2.23.